The minimum absolute atomic E-state index is 0.0387. The maximum atomic E-state index is 6.00. The van der Waals surface area contributed by atoms with Crippen LogP contribution in [-0.4, -0.2) is 42.3 Å². The molecule has 2 fully saturated rings. The smallest absolute Gasteiger partial charge is 0.0831 e. The standard InChI is InChI=1S/C14H28N2O/c1-11-5-4-6-12(7-11)16-9-13(8-15)17-14(2,3)10-16/h11-13H,4-10,15H2,1-3H3. The summed E-state index contributed by atoms with van der Waals surface area (Å²) in [6.45, 7) is 9.49. The monoisotopic (exact) mass is 240 g/mol. The molecule has 0 aromatic rings. The van der Waals surface area contributed by atoms with Gasteiger partial charge in [-0.25, -0.2) is 0 Å². The van der Waals surface area contributed by atoms with E-state index in [0.29, 0.717) is 6.54 Å². The van der Waals surface area contributed by atoms with Crippen molar-refractivity contribution in [3.63, 3.8) is 0 Å². The van der Waals surface area contributed by atoms with Crippen LogP contribution in [0.15, 0.2) is 0 Å². The van der Waals surface area contributed by atoms with Crippen molar-refractivity contribution in [1.29, 1.82) is 0 Å². The Hall–Kier alpha value is -0.120. The average molecular weight is 240 g/mol. The summed E-state index contributed by atoms with van der Waals surface area (Å²) in [5.74, 6) is 0.885. The van der Waals surface area contributed by atoms with Gasteiger partial charge in [-0.15, -0.1) is 0 Å². The molecule has 0 amide bonds. The number of ether oxygens (including phenoxy) is 1. The van der Waals surface area contributed by atoms with E-state index in [2.05, 4.69) is 25.7 Å². The summed E-state index contributed by atoms with van der Waals surface area (Å²) in [6.07, 6.45) is 5.72. The van der Waals surface area contributed by atoms with E-state index in [1.165, 1.54) is 25.7 Å². The normalized spacial score (nSPS) is 39.2. The Bertz CT molecular complexity index is 255. The minimum atomic E-state index is -0.0387. The van der Waals surface area contributed by atoms with Crippen LogP contribution in [0.3, 0.4) is 0 Å². The quantitative estimate of drug-likeness (QED) is 0.802. The van der Waals surface area contributed by atoms with Crippen LogP contribution in [0.4, 0.5) is 0 Å². The van der Waals surface area contributed by atoms with Gasteiger partial charge in [0.15, 0.2) is 0 Å². The van der Waals surface area contributed by atoms with Crippen LogP contribution < -0.4 is 5.73 Å². The van der Waals surface area contributed by atoms with E-state index in [1.54, 1.807) is 0 Å². The molecule has 0 radical (unpaired) electrons. The van der Waals surface area contributed by atoms with Gasteiger partial charge < -0.3 is 10.5 Å². The molecular formula is C14H28N2O. The number of nitrogens with two attached hydrogens (primary N) is 1. The van der Waals surface area contributed by atoms with E-state index >= 15 is 0 Å². The third-order valence-electron chi connectivity index (χ3n) is 4.20. The van der Waals surface area contributed by atoms with Crippen molar-refractivity contribution in [2.75, 3.05) is 19.6 Å². The van der Waals surface area contributed by atoms with Crippen molar-refractivity contribution in [2.45, 2.75) is 64.2 Å². The molecule has 0 bridgehead atoms. The van der Waals surface area contributed by atoms with Gasteiger partial charge in [0, 0.05) is 25.7 Å². The Morgan fingerprint density at radius 3 is 2.76 bits per heavy atom. The van der Waals surface area contributed by atoms with Crippen LogP contribution in [0.2, 0.25) is 0 Å². The lowest BCUT2D eigenvalue weighted by Crippen LogP contribution is -2.58. The molecule has 3 unspecified atom stereocenters. The van der Waals surface area contributed by atoms with Gasteiger partial charge in [-0.3, -0.25) is 4.90 Å². The molecule has 100 valence electrons. The molecule has 3 heteroatoms. The van der Waals surface area contributed by atoms with E-state index in [0.717, 1.165) is 25.0 Å². The highest BCUT2D eigenvalue weighted by Gasteiger charge is 2.36. The Labute approximate surface area is 106 Å². The highest BCUT2D eigenvalue weighted by atomic mass is 16.5. The van der Waals surface area contributed by atoms with Crippen molar-refractivity contribution < 1.29 is 4.74 Å². The number of hydrogen-bond donors (Lipinski definition) is 1. The second-order valence-corrected chi connectivity index (χ2v) is 6.59. The van der Waals surface area contributed by atoms with Crippen molar-refractivity contribution in [3.05, 3.63) is 0 Å². The van der Waals surface area contributed by atoms with Gasteiger partial charge in [-0.05, 0) is 32.6 Å². The second-order valence-electron chi connectivity index (χ2n) is 6.59. The van der Waals surface area contributed by atoms with E-state index in [4.69, 9.17) is 10.5 Å². The van der Waals surface area contributed by atoms with Gasteiger partial charge in [0.2, 0.25) is 0 Å². The topological polar surface area (TPSA) is 38.5 Å². The SMILES string of the molecule is CC1CCCC(N2CC(CN)OC(C)(C)C2)C1. The number of morpholine rings is 1. The molecule has 0 spiro atoms. The fourth-order valence-corrected chi connectivity index (χ4v) is 3.48. The first-order valence-electron chi connectivity index (χ1n) is 7.12. The first-order chi connectivity index (χ1) is 8.00. The maximum absolute atomic E-state index is 6.00. The van der Waals surface area contributed by atoms with Gasteiger partial charge >= 0.3 is 0 Å². The van der Waals surface area contributed by atoms with Gasteiger partial charge in [0.05, 0.1) is 11.7 Å². The summed E-state index contributed by atoms with van der Waals surface area (Å²) in [5, 5.41) is 0. The highest BCUT2D eigenvalue weighted by molar-refractivity contribution is 4.89. The molecule has 0 aromatic carbocycles. The summed E-state index contributed by atoms with van der Waals surface area (Å²) in [5.41, 5.74) is 5.75. The molecule has 2 rings (SSSR count). The molecule has 2 N–H and O–H groups in total. The van der Waals surface area contributed by atoms with Crippen LogP contribution in [0.1, 0.15) is 46.5 Å². The Balaban J connectivity index is 1.99. The van der Waals surface area contributed by atoms with Crippen molar-refractivity contribution in [2.24, 2.45) is 11.7 Å². The molecule has 1 aliphatic heterocycles. The number of rotatable bonds is 2. The Morgan fingerprint density at radius 1 is 1.35 bits per heavy atom. The van der Waals surface area contributed by atoms with Gasteiger partial charge in [-0.1, -0.05) is 19.8 Å². The molecule has 0 aromatic heterocycles. The van der Waals surface area contributed by atoms with Crippen LogP contribution in [0.25, 0.3) is 0 Å². The van der Waals surface area contributed by atoms with Crippen LogP contribution in [0, 0.1) is 5.92 Å². The molecule has 2 aliphatic rings. The molecule has 1 aliphatic carbocycles. The molecule has 1 saturated carbocycles. The molecule has 17 heavy (non-hydrogen) atoms. The zero-order chi connectivity index (χ0) is 12.5. The summed E-state index contributed by atoms with van der Waals surface area (Å²) in [6, 6.07) is 0.760. The molecule has 1 saturated heterocycles. The number of nitrogens with zero attached hydrogens (tertiary/aromatic N) is 1. The lowest BCUT2D eigenvalue weighted by atomic mass is 9.85. The molecule has 3 atom stereocenters. The summed E-state index contributed by atoms with van der Waals surface area (Å²) >= 11 is 0. The zero-order valence-corrected chi connectivity index (χ0v) is 11.6. The summed E-state index contributed by atoms with van der Waals surface area (Å²) in [4.78, 5) is 2.64. The van der Waals surface area contributed by atoms with E-state index in [9.17, 15) is 0 Å². The maximum Gasteiger partial charge on any atom is 0.0831 e. The summed E-state index contributed by atoms with van der Waals surface area (Å²) < 4.78 is 6.00. The predicted molar refractivity (Wildman–Crippen MR) is 71.0 cm³/mol. The fraction of sp³-hybridized carbons (Fsp3) is 1.00. The molecule has 3 nitrogen and oxygen atoms in total. The fourth-order valence-electron chi connectivity index (χ4n) is 3.48. The van der Waals surface area contributed by atoms with Crippen molar-refractivity contribution in [1.82, 2.24) is 4.90 Å². The predicted octanol–water partition coefficient (Wildman–Crippen LogP) is 2.00. The zero-order valence-electron chi connectivity index (χ0n) is 11.6. The molecular weight excluding hydrogens is 212 g/mol. The van der Waals surface area contributed by atoms with Crippen LogP contribution in [0.5, 0.6) is 0 Å². The average Bonchev–Trinajstić information content (AvgIpc) is 2.27. The van der Waals surface area contributed by atoms with Crippen molar-refractivity contribution in [3.8, 4) is 0 Å². The largest absolute Gasteiger partial charge is 0.368 e. The Morgan fingerprint density at radius 2 is 2.12 bits per heavy atom. The van der Waals surface area contributed by atoms with Crippen molar-refractivity contribution >= 4 is 0 Å². The lowest BCUT2D eigenvalue weighted by molar-refractivity contribution is -0.144. The van der Waals surface area contributed by atoms with Gasteiger partial charge in [0.25, 0.3) is 0 Å². The molecule has 1 heterocycles. The Kier molecular flexibility index (Phi) is 4.11. The van der Waals surface area contributed by atoms with E-state index in [-0.39, 0.29) is 11.7 Å². The number of hydrogen-bond acceptors (Lipinski definition) is 3. The first kappa shape index (κ1) is 13.3. The minimum Gasteiger partial charge on any atom is -0.368 e. The lowest BCUT2D eigenvalue weighted by Gasteiger charge is -2.47. The summed E-state index contributed by atoms with van der Waals surface area (Å²) in [7, 11) is 0. The third kappa shape index (κ3) is 3.43. The first-order valence-corrected chi connectivity index (χ1v) is 7.12. The van der Waals surface area contributed by atoms with Gasteiger partial charge in [-0.2, -0.15) is 0 Å². The van der Waals surface area contributed by atoms with E-state index in [1.807, 2.05) is 0 Å². The van der Waals surface area contributed by atoms with Gasteiger partial charge in [0.1, 0.15) is 0 Å². The third-order valence-corrected chi connectivity index (χ3v) is 4.20. The highest BCUT2D eigenvalue weighted by Crippen LogP contribution is 2.31. The second kappa shape index (κ2) is 5.25. The van der Waals surface area contributed by atoms with E-state index < -0.39 is 0 Å². The van der Waals surface area contributed by atoms with Crippen LogP contribution in [-0.2, 0) is 4.74 Å². The van der Waals surface area contributed by atoms with Crippen LogP contribution >= 0.6 is 0 Å².